The number of nitrogens with two attached hydrogens (primary N) is 1. The molecule has 1 fully saturated rings. The number of hydrogen-bond acceptors (Lipinski definition) is 3. The Bertz CT molecular complexity index is 403. The smallest absolute Gasteiger partial charge is 0.127 e. The summed E-state index contributed by atoms with van der Waals surface area (Å²) in [5.74, 6) is -0.210. The summed E-state index contributed by atoms with van der Waals surface area (Å²) in [6.07, 6.45) is 1.28. The Balaban J connectivity index is 1.87. The van der Waals surface area contributed by atoms with Gasteiger partial charge in [0, 0.05) is 31.2 Å². The molecule has 0 amide bonds. The summed E-state index contributed by atoms with van der Waals surface area (Å²) < 4.78 is 19.3. The van der Waals surface area contributed by atoms with Gasteiger partial charge >= 0.3 is 0 Å². The van der Waals surface area contributed by atoms with E-state index in [2.05, 4.69) is 18.7 Å². The van der Waals surface area contributed by atoms with Crippen LogP contribution in [-0.2, 0) is 4.74 Å². The Morgan fingerprint density at radius 2 is 1.95 bits per heavy atom. The molecular weight excluding hydrogens is 243 g/mol. The minimum absolute atomic E-state index is 0.210. The average Bonchev–Trinajstić information content (AvgIpc) is 2.35. The molecule has 0 radical (unpaired) electrons. The van der Waals surface area contributed by atoms with Crippen LogP contribution in [0.3, 0.4) is 0 Å². The van der Waals surface area contributed by atoms with Crippen LogP contribution < -0.4 is 5.73 Å². The second kappa shape index (κ2) is 6.46. The number of hydrogen-bond donors (Lipinski definition) is 1. The number of morpholine rings is 1. The van der Waals surface area contributed by atoms with Crippen molar-refractivity contribution in [3.05, 3.63) is 35.6 Å². The third-order valence-electron chi connectivity index (χ3n) is 3.56. The summed E-state index contributed by atoms with van der Waals surface area (Å²) in [5.41, 5.74) is 6.69. The van der Waals surface area contributed by atoms with E-state index in [0.717, 1.165) is 26.1 Å². The topological polar surface area (TPSA) is 38.5 Å². The van der Waals surface area contributed by atoms with Crippen molar-refractivity contribution in [1.29, 1.82) is 0 Å². The zero-order chi connectivity index (χ0) is 13.8. The third kappa shape index (κ3) is 4.00. The largest absolute Gasteiger partial charge is 0.373 e. The van der Waals surface area contributed by atoms with Crippen LogP contribution in [0.1, 0.15) is 31.9 Å². The first-order chi connectivity index (χ1) is 9.06. The van der Waals surface area contributed by atoms with Gasteiger partial charge in [-0.15, -0.1) is 0 Å². The molecule has 0 saturated carbocycles. The fourth-order valence-corrected chi connectivity index (χ4v) is 2.72. The molecule has 106 valence electrons. The van der Waals surface area contributed by atoms with Gasteiger partial charge in [-0.1, -0.05) is 18.2 Å². The first-order valence-electron chi connectivity index (χ1n) is 6.94. The van der Waals surface area contributed by atoms with Crippen molar-refractivity contribution in [2.75, 3.05) is 19.6 Å². The van der Waals surface area contributed by atoms with E-state index in [0.29, 0.717) is 5.56 Å². The van der Waals surface area contributed by atoms with Crippen LogP contribution in [0.15, 0.2) is 24.3 Å². The summed E-state index contributed by atoms with van der Waals surface area (Å²) in [7, 11) is 0. The average molecular weight is 266 g/mol. The molecule has 0 aromatic heterocycles. The van der Waals surface area contributed by atoms with Gasteiger partial charge in [0.25, 0.3) is 0 Å². The van der Waals surface area contributed by atoms with Crippen LogP contribution in [0, 0.1) is 5.82 Å². The molecule has 4 heteroatoms. The lowest BCUT2D eigenvalue weighted by Crippen LogP contribution is -2.46. The zero-order valence-electron chi connectivity index (χ0n) is 11.7. The molecule has 3 atom stereocenters. The maximum Gasteiger partial charge on any atom is 0.127 e. The van der Waals surface area contributed by atoms with E-state index in [1.165, 1.54) is 6.07 Å². The van der Waals surface area contributed by atoms with Gasteiger partial charge in [0.2, 0.25) is 0 Å². The highest BCUT2D eigenvalue weighted by Crippen LogP contribution is 2.19. The molecule has 1 aliphatic rings. The first-order valence-corrected chi connectivity index (χ1v) is 6.94. The molecule has 1 heterocycles. The Hall–Kier alpha value is -0.970. The minimum Gasteiger partial charge on any atom is -0.373 e. The lowest BCUT2D eigenvalue weighted by Gasteiger charge is -2.35. The molecule has 0 bridgehead atoms. The lowest BCUT2D eigenvalue weighted by atomic mass is 10.0. The third-order valence-corrected chi connectivity index (χ3v) is 3.56. The molecule has 2 rings (SSSR count). The molecule has 1 aliphatic heterocycles. The molecule has 3 unspecified atom stereocenters. The van der Waals surface area contributed by atoms with Crippen LogP contribution in [0.4, 0.5) is 4.39 Å². The van der Waals surface area contributed by atoms with Gasteiger partial charge < -0.3 is 10.5 Å². The van der Waals surface area contributed by atoms with Crippen LogP contribution in [0.25, 0.3) is 0 Å². The predicted octanol–water partition coefficient (Wildman–Crippen LogP) is 2.32. The zero-order valence-corrected chi connectivity index (χ0v) is 11.7. The highest BCUT2D eigenvalue weighted by Gasteiger charge is 2.22. The molecule has 0 aliphatic carbocycles. The summed E-state index contributed by atoms with van der Waals surface area (Å²) in [6.45, 7) is 6.90. The number of rotatable bonds is 4. The van der Waals surface area contributed by atoms with Gasteiger partial charge in [0.05, 0.1) is 12.2 Å². The van der Waals surface area contributed by atoms with Crippen molar-refractivity contribution in [3.8, 4) is 0 Å². The SMILES string of the molecule is CC1CN(CCC(N)c2ccccc2F)CC(C)O1. The number of nitrogens with zero attached hydrogens (tertiary/aromatic N) is 1. The monoisotopic (exact) mass is 266 g/mol. The van der Waals surface area contributed by atoms with Crippen molar-refractivity contribution in [2.24, 2.45) is 5.73 Å². The van der Waals surface area contributed by atoms with Gasteiger partial charge in [0.15, 0.2) is 0 Å². The number of halogens is 1. The summed E-state index contributed by atoms with van der Waals surface area (Å²) in [5, 5.41) is 0. The first kappa shape index (κ1) is 14.4. The van der Waals surface area contributed by atoms with Gasteiger partial charge in [-0.3, -0.25) is 4.90 Å². The van der Waals surface area contributed by atoms with E-state index >= 15 is 0 Å². The summed E-state index contributed by atoms with van der Waals surface area (Å²) in [4.78, 5) is 2.35. The van der Waals surface area contributed by atoms with Gasteiger partial charge in [-0.25, -0.2) is 4.39 Å². The van der Waals surface area contributed by atoms with E-state index in [1.54, 1.807) is 12.1 Å². The minimum atomic E-state index is -0.241. The van der Waals surface area contributed by atoms with Crippen molar-refractivity contribution in [1.82, 2.24) is 4.90 Å². The van der Waals surface area contributed by atoms with Gasteiger partial charge in [-0.05, 0) is 26.3 Å². The second-order valence-electron chi connectivity index (χ2n) is 5.43. The van der Waals surface area contributed by atoms with Crippen molar-refractivity contribution >= 4 is 0 Å². The number of ether oxygens (including phenoxy) is 1. The molecule has 19 heavy (non-hydrogen) atoms. The molecule has 1 saturated heterocycles. The Morgan fingerprint density at radius 1 is 1.32 bits per heavy atom. The van der Waals surface area contributed by atoms with Crippen molar-refractivity contribution in [2.45, 2.75) is 38.5 Å². The van der Waals surface area contributed by atoms with Crippen LogP contribution in [0.5, 0.6) is 0 Å². The van der Waals surface area contributed by atoms with Crippen LogP contribution in [0.2, 0.25) is 0 Å². The molecule has 1 aromatic rings. The Morgan fingerprint density at radius 3 is 2.58 bits per heavy atom. The highest BCUT2D eigenvalue weighted by molar-refractivity contribution is 5.20. The predicted molar refractivity (Wildman–Crippen MR) is 74.4 cm³/mol. The maximum atomic E-state index is 13.6. The highest BCUT2D eigenvalue weighted by atomic mass is 19.1. The van der Waals surface area contributed by atoms with E-state index in [9.17, 15) is 4.39 Å². The fraction of sp³-hybridized carbons (Fsp3) is 0.600. The normalized spacial score (nSPS) is 26.3. The molecular formula is C15H23FN2O. The van der Waals surface area contributed by atoms with Crippen LogP contribution >= 0.6 is 0 Å². The standard InChI is InChI=1S/C15H23FN2O/c1-11-9-18(10-12(2)19-11)8-7-15(17)13-5-3-4-6-14(13)16/h3-6,11-12,15H,7-10,17H2,1-2H3. The quantitative estimate of drug-likeness (QED) is 0.909. The lowest BCUT2D eigenvalue weighted by molar-refractivity contribution is -0.0684. The maximum absolute atomic E-state index is 13.6. The second-order valence-corrected chi connectivity index (χ2v) is 5.43. The van der Waals surface area contributed by atoms with E-state index in [4.69, 9.17) is 10.5 Å². The van der Waals surface area contributed by atoms with E-state index in [-0.39, 0.29) is 24.1 Å². The van der Waals surface area contributed by atoms with Gasteiger partial charge in [0.1, 0.15) is 5.82 Å². The van der Waals surface area contributed by atoms with Gasteiger partial charge in [-0.2, -0.15) is 0 Å². The summed E-state index contributed by atoms with van der Waals surface area (Å²) in [6, 6.07) is 6.52. The van der Waals surface area contributed by atoms with Crippen molar-refractivity contribution < 1.29 is 9.13 Å². The molecule has 1 aromatic carbocycles. The fourth-order valence-electron chi connectivity index (χ4n) is 2.72. The Kier molecular flexibility index (Phi) is 4.91. The molecule has 0 spiro atoms. The Labute approximate surface area is 114 Å². The van der Waals surface area contributed by atoms with E-state index in [1.807, 2.05) is 6.07 Å². The summed E-state index contributed by atoms with van der Waals surface area (Å²) >= 11 is 0. The molecule has 2 N–H and O–H groups in total. The van der Waals surface area contributed by atoms with Crippen molar-refractivity contribution in [3.63, 3.8) is 0 Å². The molecule has 3 nitrogen and oxygen atoms in total. The van der Waals surface area contributed by atoms with Crippen LogP contribution in [-0.4, -0.2) is 36.7 Å². The van der Waals surface area contributed by atoms with E-state index < -0.39 is 0 Å². The number of benzene rings is 1.